The van der Waals surface area contributed by atoms with E-state index in [9.17, 15) is 4.79 Å². The van der Waals surface area contributed by atoms with Gasteiger partial charge in [-0.25, -0.2) is 0 Å². The van der Waals surface area contributed by atoms with Crippen LogP contribution in [0.3, 0.4) is 0 Å². The number of likely N-dealkylation sites (tertiary alicyclic amines) is 1. The summed E-state index contributed by atoms with van der Waals surface area (Å²) in [5.41, 5.74) is 1.28. The molecule has 0 unspecified atom stereocenters. The second kappa shape index (κ2) is 6.78. The van der Waals surface area contributed by atoms with Crippen LogP contribution in [0.15, 0.2) is 24.5 Å². The molecular weight excluding hydrogens is 274 g/mol. The van der Waals surface area contributed by atoms with Crippen LogP contribution in [0.25, 0.3) is 0 Å². The molecule has 1 aliphatic heterocycles. The van der Waals surface area contributed by atoms with Gasteiger partial charge in [0.1, 0.15) is 0 Å². The maximum atomic E-state index is 12.3. The third-order valence-electron chi connectivity index (χ3n) is 5.17. The first-order valence-electron chi connectivity index (χ1n) is 8.63. The number of hydrogen-bond donors (Lipinski definition) is 1. The van der Waals surface area contributed by atoms with E-state index in [0.29, 0.717) is 29.8 Å². The van der Waals surface area contributed by atoms with Crippen molar-refractivity contribution in [2.75, 3.05) is 13.1 Å². The highest BCUT2D eigenvalue weighted by atomic mass is 16.2. The molecule has 3 rings (SSSR count). The summed E-state index contributed by atoms with van der Waals surface area (Å²) in [4.78, 5) is 18.5. The Morgan fingerprint density at radius 3 is 2.73 bits per heavy atom. The molecule has 1 amide bonds. The number of pyridine rings is 1. The minimum Gasteiger partial charge on any atom is -0.342 e. The first-order valence-corrected chi connectivity index (χ1v) is 8.63. The van der Waals surface area contributed by atoms with Crippen molar-refractivity contribution in [3.05, 3.63) is 30.1 Å². The molecule has 2 fully saturated rings. The minimum absolute atomic E-state index is 0.327. The highest BCUT2D eigenvalue weighted by molar-refractivity contribution is 5.81. The Morgan fingerprint density at radius 2 is 2.09 bits per heavy atom. The lowest BCUT2D eigenvalue weighted by molar-refractivity contribution is -0.134. The van der Waals surface area contributed by atoms with Gasteiger partial charge in [-0.15, -0.1) is 0 Å². The van der Waals surface area contributed by atoms with E-state index >= 15 is 0 Å². The molecule has 0 spiro atoms. The molecule has 1 saturated heterocycles. The standard InChI is InChI=1S/C18H27N3O/c1-3-14-12-21(18(22)16-4-5-16)11-8-17(14)20-13(2)15-6-9-19-10-7-15/h6-7,9-10,13-14,16-17,20H,3-5,8,11-12H2,1-2H3/t13-,14-,17+/m1/s1. The Kier molecular flexibility index (Phi) is 4.77. The first-order chi connectivity index (χ1) is 10.7. The maximum absolute atomic E-state index is 12.3. The number of nitrogens with zero attached hydrogens (tertiary/aromatic N) is 2. The summed E-state index contributed by atoms with van der Waals surface area (Å²) in [6.45, 7) is 6.28. The second-order valence-electron chi connectivity index (χ2n) is 6.79. The molecule has 4 heteroatoms. The Balaban J connectivity index is 1.58. The Bertz CT molecular complexity index is 500. The van der Waals surface area contributed by atoms with E-state index in [1.165, 1.54) is 5.56 Å². The van der Waals surface area contributed by atoms with Crippen LogP contribution in [0, 0.1) is 11.8 Å². The van der Waals surface area contributed by atoms with Gasteiger partial charge in [-0.3, -0.25) is 9.78 Å². The highest BCUT2D eigenvalue weighted by Crippen LogP contribution is 2.33. The molecule has 0 bridgehead atoms. The number of carbonyl (C=O) groups excluding carboxylic acids is 1. The van der Waals surface area contributed by atoms with Gasteiger partial charge in [0.05, 0.1) is 0 Å². The quantitative estimate of drug-likeness (QED) is 0.909. The van der Waals surface area contributed by atoms with E-state index in [4.69, 9.17) is 0 Å². The molecule has 2 heterocycles. The predicted molar refractivity (Wildman–Crippen MR) is 87.3 cm³/mol. The largest absolute Gasteiger partial charge is 0.342 e. The Labute approximate surface area is 133 Å². The predicted octanol–water partition coefficient (Wildman–Crippen LogP) is 2.77. The summed E-state index contributed by atoms with van der Waals surface area (Å²) in [5.74, 6) is 1.30. The van der Waals surface area contributed by atoms with Crippen LogP contribution < -0.4 is 5.32 Å². The number of hydrogen-bond acceptors (Lipinski definition) is 3. The van der Waals surface area contributed by atoms with Crippen LogP contribution in [0.1, 0.15) is 51.1 Å². The number of amides is 1. The van der Waals surface area contributed by atoms with Gasteiger partial charge in [0.15, 0.2) is 0 Å². The lowest BCUT2D eigenvalue weighted by atomic mass is 9.88. The fraction of sp³-hybridized carbons (Fsp3) is 0.667. The number of rotatable bonds is 5. The maximum Gasteiger partial charge on any atom is 0.225 e. The molecule has 1 aromatic heterocycles. The van der Waals surface area contributed by atoms with Crippen LogP contribution >= 0.6 is 0 Å². The molecule has 1 saturated carbocycles. The lowest BCUT2D eigenvalue weighted by Crippen LogP contribution is -2.51. The molecule has 4 nitrogen and oxygen atoms in total. The van der Waals surface area contributed by atoms with Gasteiger partial charge < -0.3 is 10.2 Å². The lowest BCUT2D eigenvalue weighted by Gasteiger charge is -2.40. The van der Waals surface area contributed by atoms with Crippen molar-refractivity contribution in [2.24, 2.45) is 11.8 Å². The fourth-order valence-electron chi connectivity index (χ4n) is 3.52. The number of piperidine rings is 1. The van der Waals surface area contributed by atoms with Crippen molar-refractivity contribution in [2.45, 2.75) is 51.6 Å². The molecule has 1 aliphatic carbocycles. The zero-order chi connectivity index (χ0) is 15.5. The summed E-state index contributed by atoms with van der Waals surface area (Å²) in [6.07, 6.45) is 8.09. The van der Waals surface area contributed by atoms with Crippen molar-refractivity contribution in [3.63, 3.8) is 0 Å². The van der Waals surface area contributed by atoms with Gasteiger partial charge >= 0.3 is 0 Å². The van der Waals surface area contributed by atoms with Gasteiger partial charge in [0, 0.05) is 43.5 Å². The molecule has 0 aromatic carbocycles. The Hall–Kier alpha value is -1.42. The third-order valence-corrected chi connectivity index (χ3v) is 5.17. The summed E-state index contributed by atoms with van der Waals surface area (Å²) in [6, 6.07) is 4.97. The molecule has 1 N–H and O–H groups in total. The van der Waals surface area contributed by atoms with Crippen molar-refractivity contribution < 1.29 is 4.79 Å². The molecule has 22 heavy (non-hydrogen) atoms. The van der Waals surface area contributed by atoms with E-state index in [-0.39, 0.29) is 0 Å². The van der Waals surface area contributed by atoms with Crippen molar-refractivity contribution >= 4 is 5.91 Å². The summed E-state index contributed by atoms with van der Waals surface area (Å²) in [7, 11) is 0. The molecule has 3 atom stereocenters. The van der Waals surface area contributed by atoms with E-state index in [1.54, 1.807) is 0 Å². The van der Waals surface area contributed by atoms with Gasteiger partial charge in [-0.2, -0.15) is 0 Å². The molecule has 0 radical (unpaired) electrons. The van der Waals surface area contributed by atoms with Gasteiger partial charge in [0.25, 0.3) is 0 Å². The molecule has 120 valence electrons. The van der Waals surface area contributed by atoms with Crippen molar-refractivity contribution in [1.82, 2.24) is 15.2 Å². The average Bonchev–Trinajstić information content (AvgIpc) is 3.40. The van der Waals surface area contributed by atoms with Crippen molar-refractivity contribution in [1.29, 1.82) is 0 Å². The van der Waals surface area contributed by atoms with E-state index < -0.39 is 0 Å². The smallest absolute Gasteiger partial charge is 0.225 e. The van der Waals surface area contributed by atoms with E-state index in [1.807, 2.05) is 12.4 Å². The zero-order valence-corrected chi connectivity index (χ0v) is 13.7. The van der Waals surface area contributed by atoms with Gasteiger partial charge in [-0.05, 0) is 49.8 Å². The van der Waals surface area contributed by atoms with Crippen LogP contribution in [0.5, 0.6) is 0 Å². The van der Waals surface area contributed by atoms with Gasteiger partial charge in [-0.1, -0.05) is 13.3 Å². The summed E-state index contributed by atoms with van der Waals surface area (Å²) >= 11 is 0. The topological polar surface area (TPSA) is 45.2 Å². The van der Waals surface area contributed by atoms with E-state index in [2.05, 4.69) is 41.2 Å². The minimum atomic E-state index is 0.327. The molecule has 1 aromatic rings. The SMILES string of the molecule is CC[C@@H]1CN(C(=O)C2CC2)CC[C@@H]1N[C@H](C)c1ccncc1. The molecule has 2 aliphatic rings. The van der Waals surface area contributed by atoms with Crippen LogP contribution in [-0.2, 0) is 4.79 Å². The number of aromatic nitrogens is 1. The average molecular weight is 301 g/mol. The summed E-state index contributed by atoms with van der Waals surface area (Å²) < 4.78 is 0. The van der Waals surface area contributed by atoms with Gasteiger partial charge in [0.2, 0.25) is 5.91 Å². The zero-order valence-electron chi connectivity index (χ0n) is 13.7. The highest BCUT2D eigenvalue weighted by Gasteiger charge is 2.37. The van der Waals surface area contributed by atoms with Crippen LogP contribution in [-0.4, -0.2) is 34.9 Å². The monoisotopic (exact) mass is 301 g/mol. The summed E-state index contributed by atoms with van der Waals surface area (Å²) in [5, 5.41) is 3.77. The van der Waals surface area contributed by atoms with E-state index in [0.717, 1.165) is 38.8 Å². The second-order valence-corrected chi connectivity index (χ2v) is 6.79. The first kappa shape index (κ1) is 15.5. The normalized spacial score (nSPS) is 26.7. The van der Waals surface area contributed by atoms with Crippen molar-refractivity contribution in [3.8, 4) is 0 Å². The fourth-order valence-corrected chi connectivity index (χ4v) is 3.52. The van der Waals surface area contributed by atoms with Crippen LogP contribution in [0.4, 0.5) is 0 Å². The third kappa shape index (κ3) is 3.49. The molecular formula is C18H27N3O. The van der Waals surface area contributed by atoms with Crippen LogP contribution in [0.2, 0.25) is 0 Å². The number of carbonyl (C=O) groups is 1. The number of nitrogens with one attached hydrogen (secondary N) is 1. The Morgan fingerprint density at radius 1 is 1.36 bits per heavy atom.